The predicted octanol–water partition coefficient (Wildman–Crippen LogP) is -8.62. The van der Waals surface area contributed by atoms with Gasteiger partial charge < -0.3 is 0 Å². The van der Waals surface area contributed by atoms with Crippen molar-refractivity contribution in [3.63, 3.8) is 0 Å². The van der Waals surface area contributed by atoms with Crippen molar-refractivity contribution < 1.29 is 93.2 Å². The molecule has 0 aromatic carbocycles. The summed E-state index contributed by atoms with van der Waals surface area (Å²) < 4.78 is 104. The first-order valence-corrected chi connectivity index (χ1v) is 16.4. The molecule has 0 N–H and O–H groups in total. The summed E-state index contributed by atoms with van der Waals surface area (Å²) in [5, 5.41) is 0. The van der Waals surface area contributed by atoms with Gasteiger partial charge in [-0.05, 0) is 0 Å². The van der Waals surface area contributed by atoms with Crippen molar-refractivity contribution in [2.45, 2.75) is 0 Å². The molecular weight excluding hydrogens is 797 g/mol. The first kappa shape index (κ1) is 31.2. The van der Waals surface area contributed by atoms with Crippen molar-refractivity contribution in [3.8, 4) is 0 Å². The van der Waals surface area contributed by atoms with Crippen LogP contribution >= 0.6 is 0 Å². The Bertz CT molecular complexity index is 341. The Morgan fingerprint density at radius 3 is 0.412 bits per heavy atom. The summed E-state index contributed by atoms with van der Waals surface area (Å²) >= 11 is -18.5. The Balaban J connectivity index is -0.0000000400. The third-order valence-electron chi connectivity index (χ3n) is 0. The van der Waals surface area contributed by atoms with Gasteiger partial charge in [0.05, 0.1) is 0 Å². The average Bonchev–Trinajstić information content (AvgIpc) is 1.41. The molecule has 17 heteroatoms. The van der Waals surface area contributed by atoms with E-state index in [0.717, 1.165) is 0 Å². The van der Waals surface area contributed by atoms with E-state index in [1.807, 2.05) is 0 Å². The van der Waals surface area contributed by atoms with Crippen LogP contribution in [-0.4, -0.2) is 34.7 Å². The molecular formula is Al2O12W3. The van der Waals surface area contributed by atoms with Crippen LogP contribution in [0.1, 0.15) is 0 Å². The molecule has 0 aliphatic rings. The minimum absolute atomic E-state index is 0. The molecule has 0 unspecified atom stereocenters. The standard InChI is InChI=1S/2Al.12O.3W/q2*+3;;;;;;;6*-1;;;. The molecule has 0 saturated heterocycles. The van der Waals surface area contributed by atoms with E-state index in [1.165, 1.54) is 0 Å². The van der Waals surface area contributed by atoms with E-state index < -0.39 is 50.2 Å². The summed E-state index contributed by atoms with van der Waals surface area (Å²) in [4.78, 5) is 0. The maximum atomic E-state index is 8.65. The fraction of sp³-hybridized carbons (Fsp3) is 0. The van der Waals surface area contributed by atoms with Gasteiger partial charge in [0.25, 0.3) is 0 Å². The van der Waals surface area contributed by atoms with Gasteiger partial charge >= 0.3 is 128 Å². The zero-order valence-corrected chi connectivity index (χ0v) is 18.4. The molecule has 0 aromatic heterocycles. The van der Waals surface area contributed by atoms with E-state index in [9.17, 15) is 0 Å². The summed E-state index contributed by atoms with van der Waals surface area (Å²) in [5.74, 6) is 0. The summed E-state index contributed by atoms with van der Waals surface area (Å²) in [6, 6.07) is 0. The molecule has 0 heterocycles. The maximum absolute atomic E-state index is 8.65. The molecule has 0 rings (SSSR count). The van der Waals surface area contributed by atoms with Crippen LogP contribution in [0.4, 0.5) is 0 Å². The van der Waals surface area contributed by atoms with Crippen LogP contribution in [0.25, 0.3) is 0 Å². The van der Waals surface area contributed by atoms with Gasteiger partial charge in [0.1, 0.15) is 0 Å². The van der Waals surface area contributed by atoms with Gasteiger partial charge in [-0.2, -0.15) is 0 Å². The summed E-state index contributed by atoms with van der Waals surface area (Å²) in [7, 11) is 0. The van der Waals surface area contributed by atoms with E-state index in [1.54, 1.807) is 0 Å². The predicted molar refractivity (Wildman–Crippen MR) is 15.6 cm³/mol. The van der Waals surface area contributed by atoms with E-state index in [-0.39, 0.29) is 34.7 Å². The summed E-state index contributed by atoms with van der Waals surface area (Å²) in [6.45, 7) is 0. The molecule has 0 saturated carbocycles. The zero-order valence-electron chi connectivity index (χ0n) is 7.28. The molecule has 0 radical (unpaired) electrons. The van der Waals surface area contributed by atoms with Crippen molar-refractivity contribution in [2.24, 2.45) is 0 Å². The molecule has 17 heavy (non-hydrogen) atoms. The topological polar surface area (TPSA) is 241 Å². The molecule has 12 nitrogen and oxygen atoms in total. The Morgan fingerprint density at radius 2 is 0.412 bits per heavy atom. The van der Waals surface area contributed by atoms with Crippen LogP contribution in [0.5, 0.6) is 0 Å². The Kier molecular flexibility index (Phi) is 23.3. The monoisotopic (exact) mass is 798 g/mol. The fourth-order valence-electron chi connectivity index (χ4n) is 0. The SMILES string of the molecule is [Al+3].[Al+3].[O]=[W](=[O])([O-])[O-].[O]=[W](=[O])([O-])[O-].[O]=[W](=[O])([O-])[O-]. The van der Waals surface area contributed by atoms with Crippen LogP contribution in [0.15, 0.2) is 0 Å². The molecule has 96 valence electrons. The molecule has 0 spiro atoms. The van der Waals surface area contributed by atoms with E-state index in [4.69, 9.17) is 42.9 Å². The molecule has 0 fully saturated rings. The van der Waals surface area contributed by atoms with Crippen LogP contribution in [0, 0.1) is 0 Å². The fourth-order valence-corrected chi connectivity index (χ4v) is 0. The number of rotatable bonds is 0. The number of hydrogen-bond donors (Lipinski definition) is 0. The van der Waals surface area contributed by atoms with Gasteiger partial charge in [-0.1, -0.05) is 0 Å². The van der Waals surface area contributed by atoms with Crippen molar-refractivity contribution >= 4 is 34.7 Å². The quantitative estimate of drug-likeness (QED) is 0.208. The van der Waals surface area contributed by atoms with Crippen LogP contribution in [0.2, 0.25) is 0 Å². The van der Waals surface area contributed by atoms with Crippen LogP contribution < -0.4 is 22.6 Å². The normalized spacial score (nSPS) is 10.2. The number of hydrogen-bond acceptors (Lipinski definition) is 12. The second-order valence-electron chi connectivity index (χ2n) is 1.22. The average molecular weight is 797 g/mol. The first-order valence-electron chi connectivity index (χ1n) is 2.00. The van der Waals surface area contributed by atoms with Crippen molar-refractivity contribution in [1.82, 2.24) is 0 Å². The van der Waals surface area contributed by atoms with Gasteiger partial charge in [-0.3, -0.25) is 0 Å². The van der Waals surface area contributed by atoms with Gasteiger partial charge in [-0.15, -0.1) is 0 Å². The third-order valence-corrected chi connectivity index (χ3v) is 0. The first-order chi connectivity index (χ1) is 6.00. The van der Waals surface area contributed by atoms with E-state index in [2.05, 4.69) is 0 Å². The van der Waals surface area contributed by atoms with Crippen molar-refractivity contribution in [3.05, 3.63) is 0 Å². The van der Waals surface area contributed by atoms with Gasteiger partial charge in [0, 0.05) is 0 Å². The summed E-state index contributed by atoms with van der Waals surface area (Å²) in [6.07, 6.45) is 0. The Labute approximate surface area is 126 Å². The molecule has 0 bridgehead atoms. The second-order valence-corrected chi connectivity index (χ2v) is 10.0. The molecule has 0 aliphatic carbocycles. The third kappa shape index (κ3) is 1520. The zero-order chi connectivity index (χ0) is 13.5. The molecule has 0 aromatic rings. The Hall–Kier alpha value is 1.69. The van der Waals surface area contributed by atoms with Gasteiger partial charge in [-0.25, -0.2) is 0 Å². The Morgan fingerprint density at radius 1 is 0.412 bits per heavy atom. The van der Waals surface area contributed by atoms with E-state index >= 15 is 0 Å². The second kappa shape index (κ2) is 12.7. The van der Waals surface area contributed by atoms with E-state index in [0.29, 0.717) is 0 Å². The minimum atomic E-state index is -6.17. The van der Waals surface area contributed by atoms with Crippen LogP contribution in [0.3, 0.4) is 0 Å². The van der Waals surface area contributed by atoms with Crippen molar-refractivity contribution in [2.75, 3.05) is 0 Å². The van der Waals surface area contributed by atoms with Crippen molar-refractivity contribution in [1.29, 1.82) is 0 Å². The van der Waals surface area contributed by atoms with Crippen LogP contribution in [-0.2, 0) is 70.6 Å². The summed E-state index contributed by atoms with van der Waals surface area (Å²) in [5.41, 5.74) is 0. The van der Waals surface area contributed by atoms with Gasteiger partial charge in [0.15, 0.2) is 0 Å². The molecule has 0 amide bonds. The molecule has 0 aliphatic heterocycles. The van der Waals surface area contributed by atoms with Gasteiger partial charge in [0.2, 0.25) is 0 Å². The molecule has 0 atom stereocenters.